The number of aromatic amines is 1. The number of nitrogens with zero attached hydrogens (tertiary/aromatic N) is 2. The summed E-state index contributed by atoms with van der Waals surface area (Å²) in [6, 6.07) is 7.45. The molecule has 2 aromatic rings. The number of hydrogen-bond acceptors (Lipinski definition) is 1. The molecule has 2 rings (SSSR count). The standard InChI is InChI=1S/C11H9N3S/c1-12-9-5-3-8(4-6-9)10-7-13-11(15)14(10)2/h3-7H,2H3,(H,13,15). The molecule has 0 aliphatic carbocycles. The highest BCUT2D eigenvalue weighted by Crippen LogP contribution is 2.21. The zero-order valence-corrected chi connectivity index (χ0v) is 9.01. The summed E-state index contributed by atoms with van der Waals surface area (Å²) in [5.41, 5.74) is 2.73. The molecule has 3 nitrogen and oxygen atoms in total. The quantitative estimate of drug-likeness (QED) is 0.573. The second kappa shape index (κ2) is 3.71. The molecule has 0 bridgehead atoms. The van der Waals surface area contributed by atoms with E-state index >= 15 is 0 Å². The van der Waals surface area contributed by atoms with Crippen LogP contribution in [-0.2, 0) is 7.05 Å². The van der Waals surface area contributed by atoms with Gasteiger partial charge in [0.2, 0.25) is 0 Å². The Morgan fingerprint density at radius 3 is 2.47 bits per heavy atom. The van der Waals surface area contributed by atoms with Crippen molar-refractivity contribution in [1.29, 1.82) is 0 Å². The largest absolute Gasteiger partial charge is 0.337 e. The van der Waals surface area contributed by atoms with Gasteiger partial charge in [0, 0.05) is 13.2 Å². The van der Waals surface area contributed by atoms with Crippen molar-refractivity contribution in [2.24, 2.45) is 7.05 Å². The fourth-order valence-corrected chi connectivity index (χ4v) is 1.57. The summed E-state index contributed by atoms with van der Waals surface area (Å²) in [5.74, 6) is 0. The number of benzene rings is 1. The molecule has 0 radical (unpaired) electrons. The van der Waals surface area contributed by atoms with E-state index in [1.807, 2.05) is 29.9 Å². The van der Waals surface area contributed by atoms with E-state index < -0.39 is 0 Å². The van der Waals surface area contributed by atoms with Crippen LogP contribution >= 0.6 is 12.2 Å². The summed E-state index contributed by atoms with van der Waals surface area (Å²) in [6.45, 7) is 6.86. The Kier molecular flexibility index (Phi) is 2.40. The topological polar surface area (TPSA) is 25.1 Å². The van der Waals surface area contributed by atoms with Crippen molar-refractivity contribution in [2.45, 2.75) is 0 Å². The number of aromatic nitrogens is 2. The van der Waals surface area contributed by atoms with Gasteiger partial charge in [-0.25, -0.2) is 4.85 Å². The van der Waals surface area contributed by atoms with Gasteiger partial charge in [0.15, 0.2) is 10.5 Å². The molecular formula is C11H9N3S. The number of nitrogens with one attached hydrogen (secondary N) is 1. The Morgan fingerprint density at radius 1 is 1.33 bits per heavy atom. The van der Waals surface area contributed by atoms with E-state index in [0.717, 1.165) is 11.3 Å². The van der Waals surface area contributed by atoms with Crippen LogP contribution < -0.4 is 0 Å². The summed E-state index contributed by atoms with van der Waals surface area (Å²) < 4.78 is 2.60. The van der Waals surface area contributed by atoms with Gasteiger partial charge in [0.1, 0.15) is 0 Å². The summed E-state index contributed by atoms with van der Waals surface area (Å²) in [4.78, 5) is 6.33. The predicted molar refractivity (Wildman–Crippen MR) is 62.3 cm³/mol. The van der Waals surface area contributed by atoms with Gasteiger partial charge >= 0.3 is 0 Å². The maximum atomic E-state index is 6.86. The molecule has 0 unspecified atom stereocenters. The van der Waals surface area contributed by atoms with Crippen LogP contribution in [0.25, 0.3) is 16.1 Å². The normalized spacial score (nSPS) is 9.87. The monoisotopic (exact) mass is 215 g/mol. The highest BCUT2D eigenvalue weighted by atomic mass is 32.1. The van der Waals surface area contributed by atoms with Crippen LogP contribution in [0.5, 0.6) is 0 Å². The molecule has 0 aliphatic heterocycles. The molecule has 0 amide bonds. The first kappa shape index (κ1) is 9.69. The van der Waals surface area contributed by atoms with Crippen molar-refractivity contribution in [1.82, 2.24) is 9.55 Å². The van der Waals surface area contributed by atoms with E-state index in [4.69, 9.17) is 18.8 Å². The summed E-state index contributed by atoms with van der Waals surface area (Å²) in [5, 5.41) is 0. The van der Waals surface area contributed by atoms with Crippen LogP contribution in [-0.4, -0.2) is 9.55 Å². The molecule has 0 fully saturated rings. The van der Waals surface area contributed by atoms with Gasteiger partial charge in [0.05, 0.1) is 12.3 Å². The fraction of sp³-hybridized carbons (Fsp3) is 0.0909. The van der Waals surface area contributed by atoms with E-state index in [1.54, 1.807) is 12.1 Å². The smallest absolute Gasteiger partial charge is 0.187 e. The van der Waals surface area contributed by atoms with Crippen LogP contribution in [0.2, 0.25) is 0 Å². The average molecular weight is 215 g/mol. The van der Waals surface area contributed by atoms with Gasteiger partial charge in [-0.15, -0.1) is 0 Å². The Hall–Kier alpha value is -1.86. The van der Waals surface area contributed by atoms with Crippen molar-refractivity contribution in [3.63, 3.8) is 0 Å². The van der Waals surface area contributed by atoms with Gasteiger partial charge in [-0.1, -0.05) is 24.3 Å². The van der Waals surface area contributed by atoms with Gasteiger partial charge in [0.25, 0.3) is 0 Å². The number of H-pyrrole nitrogens is 1. The van der Waals surface area contributed by atoms with Crippen LogP contribution in [0.1, 0.15) is 0 Å². The third-order valence-corrected chi connectivity index (χ3v) is 2.68. The zero-order chi connectivity index (χ0) is 10.8. The first-order chi connectivity index (χ1) is 7.22. The summed E-state index contributed by atoms with van der Waals surface area (Å²) in [6.07, 6.45) is 1.87. The van der Waals surface area contributed by atoms with E-state index in [0.29, 0.717) is 10.5 Å². The molecule has 1 heterocycles. The predicted octanol–water partition coefficient (Wildman–Crippen LogP) is 3.30. The molecule has 4 heteroatoms. The van der Waals surface area contributed by atoms with Gasteiger partial charge < -0.3 is 9.55 Å². The Balaban J connectivity index is 2.51. The van der Waals surface area contributed by atoms with E-state index in [-0.39, 0.29) is 0 Å². The minimum atomic E-state index is 0.649. The first-order valence-corrected chi connectivity index (χ1v) is 4.85. The highest BCUT2D eigenvalue weighted by Gasteiger charge is 2.02. The highest BCUT2D eigenvalue weighted by molar-refractivity contribution is 7.71. The van der Waals surface area contributed by atoms with E-state index in [2.05, 4.69) is 9.83 Å². The molecule has 0 saturated heterocycles. The molecule has 0 atom stereocenters. The third kappa shape index (κ3) is 1.69. The van der Waals surface area contributed by atoms with Crippen LogP contribution in [0.15, 0.2) is 30.5 Å². The molecule has 0 saturated carbocycles. The van der Waals surface area contributed by atoms with Crippen LogP contribution in [0, 0.1) is 11.3 Å². The van der Waals surface area contributed by atoms with Crippen molar-refractivity contribution >= 4 is 17.9 Å². The lowest BCUT2D eigenvalue weighted by Gasteiger charge is -2.01. The molecule has 74 valence electrons. The maximum Gasteiger partial charge on any atom is 0.187 e. The number of hydrogen-bond donors (Lipinski definition) is 1. The minimum Gasteiger partial charge on any atom is -0.337 e. The van der Waals surface area contributed by atoms with Crippen molar-refractivity contribution in [3.05, 3.63) is 46.7 Å². The lowest BCUT2D eigenvalue weighted by molar-refractivity contribution is 0.902. The number of rotatable bonds is 1. The zero-order valence-electron chi connectivity index (χ0n) is 8.19. The molecule has 15 heavy (non-hydrogen) atoms. The molecule has 1 N–H and O–H groups in total. The molecular weight excluding hydrogens is 206 g/mol. The Morgan fingerprint density at radius 2 is 2.00 bits per heavy atom. The fourth-order valence-electron chi connectivity index (χ4n) is 1.42. The number of imidazole rings is 1. The minimum absolute atomic E-state index is 0.649. The lowest BCUT2D eigenvalue weighted by atomic mass is 10.1. The Labute approximate surface area is 92.8 Å². The van der Waals surface area contributed by atoms with E-state index in [1.165, 1.54) is 0 Å². The van der Waals surface area contributed by atoms with Gasteiger partial charge in [-0.05, 0) is 17.8 Å². The van der Waals surface area contributed by atoms with Crippen LogP contribution in [0.4, 0.5) is 5.69 Å². The molecule has 0 spiro atoms. The van der Waals surface area contributed by atoms with Crippen molar-refractivity contribution < 1.29 is 0 Å². The van der Waals surface area contributed by atoms with Crippen molar-refractivity contribution in [2.75, 3.05) is 0 Å². The van der Waals surface area contributed by atoms with Gasteiger partial charge in [-0.2, -0.15) is 0 Å². The Bertz CT molecular complexity index is 569. The third-order valence-electron chi connectivity index (χ3n) is 2.29. The van der Waals surface area contributed by atoms with Crippen LogP contribution in [0.3, 0.4) is 0 Å². The van der Waals surface area contributed by atoms with E-state index in [9.17, 15) is 0 Å². The molecule has 0 aliphatic rings. The molecule has 1 aromatic carbocycles. The molecule has 1 aromatic heterocycles. The van der Waals surface area contributed by atoms with Crippen molar-refractivity contribution in [3.8, 4) is 11.3 Å². The first-order valence-electron chi connectivity index (χ1n) is 4.44. The lowest BCUT2D eigenvalue weighted by Crippen LogP contribution is -1.90. The SMILES string of the molecule is [C-]#[N+]c1ccc(-c2c[nH]c(=S)n2C)cc1. The summed E-state index contributed by atoms with van der Waals surface area (Å²) in [7, 11) is 1.91. The van der Waals surface area contributed by atoms with Gasteiger partial charge in [-0.3, -0.25) is 0 Å². The second-order valence-corrected chi connectivity index (χ2v) is 3.58. The average Bonchev–Trinajstić information content (AvgIpc) is 2.60. The second-order valence-electron chi connectivity index (χ2n) is 3.20. The maximum absolute atomic E-state index is 6.86. The summed E-state index contributed by atoms with van der Waals surface area (Å²) >= 11 is 5.08.